The molecule has 0 unspecified atom stereocenters. The zero-order valence-corrected chi connectivity index (χ0v) is 8.01. The smallest absolute Gasteiger partial charge is 1.00 e. The van der Waals surface area contributed by atoms with Crippen molar-refractivity contribution < 1.29 is 17.4 Å². The standard InChI is InChI=1S/C5H12O3.Ca.2H/c1-7-4-5-8-3-2-6;;;/h6H,2-5H2,1H3;;;/q;+2;2*-1. The molecule has 0 radical (unpaired) electrons. The van der Waals surface area contributed by atoms with Crippen LogP contribution in [0, 0.1) is 0 Å². The molecule has 9 heavy (non-hydrogen) atoms. The van der Waals surface area contributed by atoms with E-state index in [0.717, 1.165) is 0 Å². The SMILES string of the molecule is COCCOCCO.[Ca+2].[H-].[H-]. The van der Waals surface area contributed by atoms with Gasteiger partial charge in [0.1, 0.15) is 0 Å². The van der Waals surface area contributed by atoms with Gasteiger partial charge in [-0.25, -0.2) is 0 Å². The van der Waals surface area contributed by atoms with Crippen LogP contribution in [0.3, 0.4) is 0 Å². The third kappa shape index (κ3) is 12.4. The van der Waals surface area contributed by atoms with E-state index in [0.29, 0.717) is 19.8 Å². The summed E-state index contributed by atoms with van der Waals surface area (Å²) >= 11 is 0. The zero-order chi connectivity index (χ0) is 6.24. The Kier molecular flexibility index (Phi) is 16.9. The first-order chi connectivity index (χ1) is 3.91. The predicted octanol–water partition coefficient (Wildman–Crippen LogP) is -0.514. The van der Waals surface area contributed by atoms with Crippen LogP contribution < -0.4 is 0 Å². The Bertz CT molecular complexity index is 44.7. The molecule has 0 amide bonds. The minimum absolute atomic E-state index is 0. The molecule has 0 aliphatic carbocycles. The number of hydrogen-bond acceptors (Lipinski definition) is 3. The van der Waals surface area contributed by atoms with Crippen LogP contribution in [0.5, 0.6) is 0 Å². The van der Waals surface area contributed by atoms with Gasteiger partial charge in [0.15, 0.2) is 0 Å². The topological polar surface area (TPSA) is 38.7 Å². The number of aliphatic hydroxyl groups is 1. The first-order valence-corrected chi connectivity index (χ1v) is 2.59. The van der Waals surface area contributed by atoms with Gasteiger partial charge in [0.25, 0.3) is 0 Å². The number of ether oxygens (including phenoxy) is 2. The molecule has 0 bridgehead atoms. The summed E-state index contributed by atoms with van der Waals surface area (Å²) in [6.07, 6.45) is 0. The molecule has 0 atom stereocenters. The summed E-state index contributed by atoms with van der Waals surface area (Å²) in [6, 6.07) is 0. The van der Waals surface area contributed by atoms with Crippen LogP contribution >= 0.6 is 0 Å². The maximum absolute atomic E-state index is 8.20. The summed E-state index contributed by atoms with van der Waals surface area (Å²) in [4.78, 5) is 0. The average Bonchev–Trinajstić information content (AvgIpc) is 1.81. The van der Waals surface area contributed by atoms with E-state index in [4.69, 9.17) is 9.84 Å². The summed E-state index contributed by atoms with van der Waals surface area (Å²) in [5, 5.41) is 8.20. The van der Waals surface area contributed by atoms with Gasteiger partial charge in [-0.05, 0) is 0 Å². The number of methoxy groups -OCH3 is 1. The fourth-order valence-electron chi connectivity index (χ4n) is 0.309. The molecule has 0 saturated carbocycles. The molecule has 0 fully saturated rings. The first-order valence-electron chi connectivity index (χ1n) is 2.59. The van der Waals surface area contributed by atoms with E-state index in [-0.39, 0.29) is 47.2 Å². The van der Waals surface area contributed by atoms with Gasteiger partial charge in [0.2, 0.25) is 0 Å². The van der Waals surface area contributed by atoms with Crippen LogP contribution in [-0.2, 0) is 9.47 Å². The molecule has 0 aromatic heterocycles. The molecule has 0 aromatic carbocycles. The summed E-state index contributed by atoms with van der Waals surface area (Å²) in [6.45, 7) is 1.66. The van der Waals surface area contributed by atoms with Crippen LogP contribution in [-0.4, -0.2) is 76.4 Å². The van der Waals surface area contributed by atoms with Crippen molar-refractivity contribution in [2.24, 2.45) is 0 Å². The van der Waals surface area contributed by atoms with Gasteiger partial charge in [0, 0.05) is 7.11 Å². The van der Waals surface area contributed by atoms with Crippen molar-refractivity contribution in [1.82, 2.24) is 0 Å². The Morgan fingerprint density at radius 1 is 1.33 bits per heavy atom. The predicted molar refractivity (Wildman–Crippen MR) is 37.8 cm³/mol. The zero-order valence-electron chi connectivity index (χ0n) is 7.80. The monoisotopic (exact) mass is 162 g/mol. The van der Waals surface area contributed by atoms with Gasteiger partial charge in [-0.2, -0.15) is 0 Å². The summed E-state index contributed by atoms with van der Waals surface area (Å²) in [5.41, 5.74) is 0. The molecule has 0 aromatic rings. The summed E-state index contributed by atoms with van der Waals surface area (Å²) < 4.78 is 9.53. The van der Waals surface area contributed by atoms with E-state index in [2.05, 4.69) is 4.74 Å². The van der Waals surface area contributed by atoms with E-state index in [1.54, 1.807) is 7.11 Å². The van der Waals surface area contributed by atoms with Crippen molar-refractivity contribution in [3.63, 3.8) is 0 Å². The number of hydrogen-bond donors (Lipinski definition) is 1. The van der Waals surface area contributed by atoms with Gasteiger partial charge in [0.05, 0.1) is 26.4 Å². The van der Waals surface area contributed by atoms with Crippen LogP contribution in [0.15, 0.2) is 0 Å². The molecular formula is C5H14CaO3. The fourth-order valence-corrected chi connectivity index (χ4v) is 0.309. The van der Waals surface area contributed by atoms with E-state index in [1.165, 1.54) is 0 Å². The third-order valence-electron chi connectivity index (χ3n) is 0.667. The minimum Gasteiger partial charge on any atom is -1.00 e. The van der Waals surface area contributed by atoms with Crippen molar-refractivity contribution in [2.45, 2.75) is 0 Å². The van der Waals surface area contributed by atoms with E-state index in [9.17, 15) is 0 Å². The Morgan fingerprint density at radius 3 is 2.44 bits per heavy atom. The molecule has 4 heteroatoms. The second kappa shape index (κ2) is 11.9. The molecule has 3 nitrogen and oxygen atoms in total. The maximum atomic E-state index is 8.20. The molecule has 0 heterocycles. The Balaban J connectivity index is -0.0000000817. The van der Waals surface area contributed by atoms with Gasteiger partial charge < -0.3 is 17.4 Å². The van der Waals surface area contributed by atoms with Crippen molar-refractivity contribution in [3.05, 3.63) is 0 Å². The quantitative estimate of drug-likeness (QED) is 0.437. The average molecular weight is 162 g/mol. The van der Waals surface area contributed by atoms with Crippen LogP contribution in [0.2, 0.25) is 0 Å². The molecule has 0 saturated heterocycles. The molecule has 0 spiro atoms. The number of aliphatic hydroxyl groups excluding tert-OH is 1. The molecule has 0 aliphatic rings. The molecule has 0 rings (SSSR count). The van der Waals surface area contributed by atoms with E-state index in [1.807, 2.05) is 0 Å². The second-order valence-corrected chi connectivity index (χ2v) is 1.33. The van der Waals surface area contributed by atoms with Gasteiger partial charge in [-0.1, -0.05) is 0 Å². The van der Waals surface area contributed by atoms with E-state index >= 15 is 0 Å². The molecular weight excluding hydrogens is 148 g/mol. The summed E-state index contributed by atoms with van der Waals surface area (Å²) in [7, 11) is 1.61. The van der Waals surface area contributed by atoms with Crippen LogP contribution in [0.1, 0.15) is 2.85 Å². The van der Waals surface area contributed by atoms with Crippen LogP contribution in [0.25, 0.3) is 0 Å². The summed E-state index contributed by atoms with van der Waals surface area (Å²) in [5.74, 6) is 0. The van der Waals surface area contributed by atoms with Gasteiger partial charge >= 0.3 is 37.7 Å². The number of rotatable bonds is 5. The van der Waals surface area contributed by atoms with Crippen molar-refractivity contribution >= 4 is 37.7 Å². The van der Waals surface area contributed by atoms with Gasteiger partial charge in [-0.15, -0.1) is 0 Å². The van der Waals surface area contributed by atoms with Gasteiger partial charge in [-0.3, -0.25) is 0 Å². The maximum Gasteiger partial charge on any atom is 2.00 e. The van der Waals surface area contributed by atoms with Crippen LogP contribution in [0.4, 0.5) is 0 Å². The molecule has 0 aliphatic heterocycles. The molecule has 54 valence electrons. The fraction of sp³-hybridized carbons (Fsp3) is 1.00. The second-order valence-electron chi connectivity index (χ2n) is 1.33. The van der Waals surface area contributed by atoms with Crippen molar-refractivity contribution in [2.75, 3.05) is 33.5 Å². The minimum atomic E-state index is 0. The normalized spacial score (nSPS) is 8.67. The van der Waals surface area contributed by atoms with E-state index < -0.39 is 0 Å². The van der Waals surface area contributed by atoms with Crippen molar-refractivity contribution in [1.29, 1.82) is 0 Å². The Hall–Kier alpha value is 1.14. The van der Waals surface area contributed by atoms with Crippen molar-refractivity contribution in [3.8, 4) is 0 Å². The molecule has 1 N–H and O–H groups in total. The Morgan fingerprint density at radius 2 is 2.00 bits per heavy atom. The first kappa shape index (κ1) is 12.8. The largest absolute Gasteiger partial charge is 2.00 e. The third-order valence-corrected chi connectivity index (χ3v) is 0.667. The Labute approximate surface area is 88.3 Å².